The van der Waals surface area contributed by atoms with Crippen LogP contribution in [0, 0.1) is 5.92 Å². The number of H-pyrrole nitrogens is 1. The van der Waals surface area contributed by atoms with Crippen molar-refractivity contribution in [2.75, 3.05) is 18.5 Å². The van der Waals surface area contributed by atoms with Crippen LogP contribution in [0.4, 0.5) is 5.69 Å². The van der Waals surface area contributed by atoms with Gasteiger partial charge in [0.25, 0.3) is 0 Å². The summed E-state index contributed by atoms with van der Waals surface area (Å²) in [5.74, 6) is 0.337. The van der Waals surface area contributed by atoms with E-state index in [1.54, 1.807) is 6.20 Å². The van der Waals surface area contributed by atoms with E-state index in [1.807, 2.05) is 42.6 Å². The summed E-state index contributed by atoms with van der Waals surface area (Å²) < 4.78 is 5.36. The molecule has 1 fully saturated rings. The Morgan fingerprint density at radius 3 is 2.78 bits per heavy atom. The van der Waals surface area contributed by atoms with Crippen molar-refractivity contribution in [3.05, 3.63) is 48.8 Å². The Labute approximate surface area is 158 Å². The van der Waals surface area contributed by atoms with Crippen molar-refractivity contribution >= 4 is 22.6 Å². The highest BCUT2D eigenvalue weighted by Crippen LogP contribution is 2.28. The third kappa shape index (κ3) is 4.02. The van der Waals surface area contributed by atoms with Gasteiger partial charge in [-0.25, -0.2) is 4.98 Å². The van der Waals surface area contributed by atoms with E-state index in [4.69, 9.17) is 10.5 Å². The zero-order valence-electron chi connectivity index (χ0n) is 15.2. The van der Waals surface area contributed by atoms with Gasteiger partial charge in [0.2, 0.25) is 5.91 Å². The molecule has 0 aliphatic carbocycles. The maximum atomic E-state index is 12.4. The molecule has 140 valence electrons. The molecule has 3 aromatic rings. The average Bonchev–Trinajstić information content (AvgIpc) is 3.18. The average molecular weight is 364 g/mol. The van der Waals surface area contributed by atoms with Crippen molar-refractivity contribution in [2.24, 2.45) is 11.7 Å². The summed E-state index contributed by atoms with van der Waals surface area (Å²) in [4.78, 5) is 19.8. The van der Waals surface area contributed by atoms with Gasteiger partial charge < -0.3 is 20.8 Å². The Bertz CT molecular complexity index is 913. The molecule has 4 rings (SSSR count). The molecular formula is C21H24N4O2. The first kappa shape index (κ1) is 17.7. The second kappa shape index (κ2) is 7.90. The number of amides is 1. The van der Waals surface area contributed by atoms with Crippen LogP contribution in [0.25, 0.3) is 22.2 Å². The number of nitrogens with two attached hydrogens (primary N) is 1. The molecule has 1 amide bonds. The minimum absolute atomic E-state index is 0.133. The van der Waals surface area contributed by atoms with E-state index in [9.17, 15) is 4.79 Å². The van der Waals surface area contributed by atoms with Crippen molar-refractivity contribution < 1.29 is 9.53 Å². The van der Waals surface area contributed by atoms with Crippen LogP contribution in [0.5, 0.6) is 0 Å². The van der Waals surface area contributed by atoms with E-state index in [0.717, 1.165) is 53.9 Å². The predicted octanol–water partition coefficient (Wildman–Crippen LogP) is 3.31. The number of ether oxygens (including phenoxy) is 1. The molecule has 0 spiro atoms. The van der Waals surface area contributed by atoms with Crippen LogP contribution < -0.4 is 11.1 Å². The van der Waals surface area contributed by atoms with E-state index in [0.29, 0.717) is 12.3 Å². The maximum Gasteiger partial charge on any atom is 0.241 e. The van der Waals surface area contributed by atoms with E-state index in [2.05, 4.69) is 15.3 Å². The SMILES string of the molecule is NC(CC1CCOCC1)C(=O)Nc1ccc(-c2ccnc3[nH]ccc23)cc1. The molecule has 2 aromatic heterocycles. The Morgan fingerprint density at radius 2 is 2.00 bits per heavy atom. The van der Waals surface area contributed by atoms with Gasteiger partial charge in [-0.1, -0.05) is 12.1 Å². The smallest absolute Gasteiger partial charge is 0.241 e. The van der Waals surface area contributed by atoms with Gasteiger partial charge in [-0.3, -0.25) is 4.79 Å². The maximum absolute atomic E-state index is 12.4. The number of benzene rings is 1. The molecule has 1 saturated heterocycles. The minimum Gasteiger partial charge on any atom is -0.381 e. The Hall–Kier alpha value is -2.70. The zero-order valence-corrected chi connectivity index (χ0v) is 15.2. The second-order valence-corrected chi connectivity index (χ2v) is 7.06. The Balaban J connectivity index is 1.41. The van der Waals surface area contributed by atoms with Crippen molar-refractivity contribution in [3.8, 4) is 11.1 Å². The number of carbonyl (C=O) groups is 1. The predicted molar refractivity (Wildman–Crippen MR) is 106 cm³/mol. The Kier molecular flexibility index (Phi) is 5.18. The number of hydrogen-bond acceptors (Lipinski definition) is 4. The normalized spacial score (nSPS) is 16.3. The number of carbonyl (C=O) groups excluding carboxylic acids is 1. The summed E-state index contributed by atoms with van der Waals surface area (Å²) in [5, 5.41) is 4.01. The fraction of sp³-hybridized carbons (Fsp3) is 0.333. The number of pyridine rings is 1. The second-order valence-electron chi connectivity index (χ2n) is 7.06. The van der Waals surface area contributed by atoms with Crippen LogP contribution in [0.2, 0.25) is 0 Å². The molecule has 1 aromatic carbocycles. The molecule has 1 aliphatic heterocycles. The monoisotopic (exact) mass is 364 g/mol. The van der Waals surface area contributed by atoms with Gasteiger partial charge in [0.1, 0.15) is 5.65 Å². The van der Waals surface area contributed by atoms with Crippen molar-refractivity contribution in [1.29, 1.82) is 0 Å². The number of rotatable bonds is 5. The molecule has 1 atom stereocenters. The first-order valence-electron chi connectivity index (χ1n) is 9.37. The van der Waals surface area contributed by atoms with Gasteiger partial charge in [0.05, 0.1) is 6.04 Å². The highest BCUT2D eigenvalue weighted by Gasteiger charge is 2.21. The molecule has 27 heavy (non-hydrogen) atoms. The summed E-state index contributed by atoms with van der Waals surface area (Å²) in [6.07, 6.45) is 6.34. The molecule has 6 heteroatoms. The molecule has 6 nitrogen and oxygen atoms in total. The zero-order chi connectivity index (χ0) is 18.6. The van der Waals surface area contributed by atoms with Gasteiger partial charge in [-0.05, 0) is 60.6 Å². The van der Waals surface area contributed by atoms with E-state index in [1.165, 1.54) is 0 Å². The quantitative estimate of drug-likeness (QED) is 0.647. The van der Waals surface area contributed by atoms with Crippen molar-refractivity contribution in [3.63, 3.8) is 0 Å². The number of nitrogens with one attached hydrogen (secondary N) is 2. The largest absolute Gasteiger partial charge is 0.381 e. The van der Waals surface area contributed by atoms with E-state index in [-0.39, 0.29) is 5.91 Å². The number of anilines is 1. The summed E-state index contributed by atoms with van der Waals surface area (Å²) in [5.41, 5.74) is 9.91. The fourth-order valence-electron chi connectivity index (χ4n) is 3.63. The fourth-order valence-corrected chi connectivity index (χ4v) is 3.63. The van der Waals surface area contributed by atoms with Crippen LogP contribution in [0.15, 0.2) is 48.8 Å². The standard InChI is InChI=1S/C21H24N4O2/c22-19(13-14-7-11-27-12-8-14)21(26)25-16-3-1-15(2-4-16)17-5-9-23-20-18(17)6-10-24-20/h1-6,9-10,14,19H,7-8,11-13,22H2,(H,23,24)(H,25,26). The third-order valence-electron chi connectivity index (χ3n) is 5.19. The van der Waals surface area contributed by atoms with Crippen LogP contribution >= 0.6 is 0 Å². The molecule has 0 saturated carbocycles. The van der Waals surface area contributed by atoms with Gasteiger partial charge in [-0.15, -0.1) is 0 Å². The molecule has 0 radical (unpaired) electrons. The molecule has 4 N–H and O–H groups in total. The summed E-state index contributed by atoms with van der Waals surface area (Å²) in [6, 6.07) is 11.3. The van der Waals surface area contributed by atoms with Crippen LogP contribution in [-0.4, -0.2) is 35.1 Å². The van der Waals surface area contributed by atoms with Gasteiger partial charge in [0.15, 0.2) is 0 Å². The van der Waals surface area contributed by atoms with Crippen LogP contribution in [-0.2, 0) is 9.53 Å². The number of aromatic nitrogens is 2. The highest BCUT2D eigenvalue weighted by molar-refractivity contribution is 5.96. The topological polar surface area (TPSA) is 93.0 Å². The van der Waals surface area contributed by atoms with E-state index < -0.39 is 6.04 Å². The molecule has 1 aliphatic rings. The first-order chi connectivity index (χ1) is 13.2. The van der Waals surface area contributed by atoms with Crippen molar-refractivity contribution in [2.45, 2.75) is 25.3 Å². The molecule has 0 bridgehead atoms. The number of fused-ring (bicyclic) bond motifs is 1. The summed E-state index contributed by atoms with van der Waals surface area (Å²) in [7, 11) is 0. The van der Waals surface area contributed by atoms with Crippen LogP contribution in [0.1, 0.15) is 19.3 Å². The molecule has 3 heterocycles. The first-order valence-corrected chi connectivity index (χ1v) is 9.37. The Morgan fingerprint density at radius 1 is 1.22 bits per heavy atom. The van der Waals surface area contributed by atoms with Gasteiger partial charge in [0, 0.05) is 36.7 Å². The summed E-state index contributed by atoms with van der Waals surface area (Å²) in [6.45, 7) is 1.54. The lowest BCUT2D eigenvalue weighted by Crippen LogP contribution is -2.38. The number of hydrogen-bond donors (Lipinski definition) is 3. The van der Waals surface area contributed by atoms with Crippen LogP contribution in [0.3, 0.4) is 0 Å². The van der Waals surface area contributed by atoms with E-state index >= 15 is 0 Å². The molecular weight excluding hydrogens is 340 g/mol. The lowest BCUT2D eigenvalue weighted by atomic mass is 9.92. The minimum atomic E-state index is -0.493. The lowest BCUT2D eigenvalue weighted by Gasteiger charge is -2.24. The third-order valence-corrected chi connectivity index (χ3v) is 5.19. The van der Waals surface area contributed by atoms with Gasteiger partial charge in [-0.2, -0.15) is 0 Å². The number of nitrogens with zero attached hydrogens (tertiary/aromatic N) is 1. The summed E-state index contributed by atoms with van der Waals surface area (Å²) >= 11 is 0. The lowest BCUT2D eigenvalue weighted by molar-refractivity contribution is -0.118. The molecule has 1 unspecified atom stereocenters. The highest BCUT2D eigenvalue weighted by atomic mass is 16.5. The number of aromatic amines is 1. The van der Waals surface area contributed by atoms with Crippen molar-refractivity contribution in [1.82, 2.24) is 9.97 Å². The van der Waals surface area contributed by atoms with Gasteiger partial charge >= 0.3 is 0 Å².